The Balaban J connectivity index is 1.86. The van der Waals surface area contributed by atoms with Crippen molar-refractivity contribution in [3.63, 3.8) is 0 Å². The van der Waals surface area contributed by atoms with Gasteiger partial charge >= 0.3 is 11.6 Å². The molecule has 112 valence electrons. The number of rotatable bonds is 3. The van der Waals surface area contributed by atoms with Gasteiger partial charge in [0.2, 0.25) is 0 Å². The molecule has 0 bridgehead atoms. The van der Waals surface area contributed by atoms with Crippen molar-refractivity contribution in [2.75, 3.05) is 0 Å². The van der Waals surface area contributed by atoms with Gasteiger partial charge in [-0.2, -0.15) is 0 Å². The maximum Gasteiger partial charge on any atom is 0.351 e. The van der Waals surface area contributed by atoms with E-state index in [1.165, 1.54) is 6.07 Å². The molecule has 0 saturated carbocycles. The number of esters is 1. The lowest BCUT2D eigenvalue weighted by Gasteiger charge is -2.04. The number of hydrogen-bond acceptors (Lipinski definition) is 6. The molecule has 0 amide bonds. The number of nitrogens with zero attached hydrogens (tertiary/aromatic N) is 1. The highest BCUT2D eigenvalue weighted by molar-refractivity contribution is 5.92. The van der Waals surface area contributed by atoms with Crippen LogP contribution in [0.5, 0.6) is 0 Å². The number of fused-ring (bicyclic) bond motifs is 1. The first-order chi connectivity index (χ1) is 10.6. The van der Waals surface area contributed by atoms with Crippen molar-refractivity contribution in [3.05, 3.63) is 63.3 Å². The molecule has 0 aliphatic carbocycles. The molecule has 0 radical (unpaired) electrons. The van der Waals surface area contributed by atoms with Gasteiger partial charge in [0.15, 0.2) is 0 Å². The van der Waals surface area contributed by atoms with E-state index in [1.54, 1.807) is 38.1 Å². The maximum absolute atomic E-state index is 12.1. The Kier molecular flexibility index (Phi) is 3.50. The van der Waals surface area contributed by atoms with Crippen molar-refractivity contribution < 1.29 is 18.5 Å². The highest BCUT2D eigenvalue weighted by Gasteiger charge is 2.17. The summed E-state index contributed by atoms with van der Waals surface area (Å²) in [5.74, 6) is -0.157. The number of carbonyl (C=O) groups excluding carboxylic acids is 1. The Morgan fingerprint density at radius 1 is 1.27 bits per heavy atom. The fourth-order valence-electron chi connectivity index (χ4n) is 2.13. The first-order valence-corrected chi connectivity index (χ1v) is 6.68. The smallest absolute Gasteiger partial charge is 0.351 e. The third-order valence-corrected chi connectivity index (χ3v) is 3.39. The molecule has 3 aromatic rings. The summed E-state index contributed by atoms with van der Waals surface area (Å²) in [7, 11) is 0. The number of carbonyl (C=O) groups is 1. The molecule has 0 aliphatic rings. The van der Waals surface area contributed by atoms with Gasteiger partial charge in [-0.3, -0.25) is 0 Å². The Morgan fingerprint density at radius 2 is 2.05 bits per heavy atom. The second-order valence-corrected chi connectivity index (χ2v) is 4.86. The Morgan fingerprint density at radius 3 is 2.77 bits per heavy atom. The van der Waals surface area contributed by atoms with E-state index in [0.29, 0.717) is 28.0 Å². The van der Waals surface area contributed by atoms with Crippen molar-refractivity contribution in [1.82, 2.24) is 5.16 Å². The van der Waals surface area contributed by atoms with Gasteiger partial charge in [0, 0.05) is 5.39 Å². The monoisotopic (exact) mass is 299 g/mol. The van der Waals surface area contributed by atoms with Crippen LogP contribution in [-0.4, -0.2) is 11.1 Å². The first kappa shape index (κ1) is 14.1. The van der Waals surface area contributed by atoms with Crippen LogP contribution in [0.4, 0.5) is 0 Å². The van der Waals surface area contributed by atoms with Crippen LogP contribution in [-0.2, 0) is 11.3 Å². The summed E-state index contributed by atoms with van der Waals surface area (Å²) in [5, 5.41) is 4.44. The molecule has 0 spiro atoms. The Hall–Kier alpha value is -2.89. The van der Waals surface area contributed by atoms with Crippen LogP contribution in [0.25, 0.3) is 11.0 Å². The highest BCUT2D eigenvalue weighted by Crippen LogP contribution is 2.16. The predicted molar refractivity (Wildman–Crippen MR) is 77.6 cm³/mol. The normalized spacial score (nSPS) is 10.8. The standard InChI is InChI=1S/C16H13NO5/c1-9-13(10(2)22-17-9)8-20-15(18)12-7-11-5-3-4-6-14(11)21-16(12)19/h3-7H,8H2,1-2H3. The SMILES string of the molecule is Cc1noc(C)c1COC(=O)c1cc2ccccc2oc1=O. The van der Waals surface area contributed by atoms with E-state index in [9.17, 15) is 9.59 Å². The molecule has 6 nitrogen and oxygen atoms in total. The van der Waals surface area contributed by atoms with Gasteiger partial charge in [-0.25, -0.2) is 9.59 Å². The summed E-state index contributed by atoms with van der Waals surface area (Å²) in [6.45, 7) is 3.48. The molecule has 2 aromatic heterocycles. The van der Waals surface area contributed by atoms with Crippen LogP contribution in [0, 0.1) is 13.8 Å². The molecule has 22 heavy (non-hydrogen) atoms. The lowest BCUT2D eigenvalue weighted by atomic mass is 10.2. The van der Waals surface area contributed by atoms with E-state index >= 15 is 0 Å². The number of ether oxygens (including phenoxy) is 1. The number of para-hydroxylation sites is 1. The number of aromatic nitrogens is 1. The van der Waals surface area contributed by atoms with Crippen molar-refractivity contribution in [1.29, 1.82) is 0 Å². The average molecular weight is 299 g/mol. The zero-order chi connectivity index (χ0) is 15.7. The molecule has 0 aliphatic heterocycles. The minimum atomic E-state index is -0.737. The van der Waals surface area contributed by atoms with Crippen molar-refractivity contribution in [2.24, 2.45) is 0 Å². The van der Waals surface area contributed by atoms with Crippen LogP contribution >= 0.6 is 0 Å². The van der Waals surface area contributed by atoms with E-state index < -0.39 is 11.6 Å². The molecule has 0 unspecified atom stereocenters. The summed E-state index contributed by atoms with van der Waals surface area (Å²) in [6, 6.07) is 8.43. The lowest BCUT2D eigenvalue weighted by molar-refractivity contribution is 0.0466. The first-order valence-electron chi connectivity index (χ1n) is 6.68. The second kappa shape index (κ2) is 5.48. The molecule has 1 aromatic carbocycles. The van der Waals surface area contributed by atoms with Crippen molar-refractivity contribution >= 4 is 16.9 Å². The van der Waals surface area contributed by atoms with E-state index in [-0.39, 0.29) is 12.2 Å². The van der Waals surface area contributed by atoms with Gasteiger partial charge in [-0.1, -0.05) is 23.4 Å². The van der Waals surface area contributed by atoms with Crippen LogP contribution in [0.1, 0.15) is 27.4 Å². The third-order valence-electron chi connectivity index (χ3n) is 3.39. The Labute approximate surface area is 125 Å². The summed E-state index contributed by atoms with van der Waals surface area (Å²) in [5.41, 5.74) is 0.914. The fraction of sp³-hybridized carbons (Fsp3) is 0.188. The molecule has 2 heterocycles. The summed E-state index contributed by atoms with van der Waals surface area (Å²) < 4.78 is 15.3. The number of aryl methyl sites for hydroxylation is 2. The maximum atomic E-state index is 12.1. The zero-order valence-corrected chi connectivity index (χ0v) is 12.1. The summed E-state index contributed by atoms with van der Waals surface area (Å²) in [4.78, 5) is 24.0. The molecule has 3 rings (SSSR count). The predicted octanol–water partition coefficient (Wildman–Crippen LogP) is 2.75. The van der Waals surface area contributed by atoms with Crippen molar-refractivity contribution in [3.8, 4) is 0 Å². The molecule has 0 fully saturated rings. The third kappa shape index (κ3) is 2.50. The van der Waals surface area contributed by atoms with Gasteiger partial charge in [-0.05, 0) is 26.0 Å². The average Bonchev–Trinajstić information content (AvgIpc) is 2.83. The number of hydrogen-bond donors (Lipinski definition) is 0. The number of benzene rings is 1. The van der Waals surface area contributed by atoms with Gasteiger partial charge in [0.05, 0.1) is 11.3 Å². The van der Waals surface area contributed by atoms with Gasteiger partial charge in [0.25, 0.3) is 0 Å². The quantitative estimate of drug-likeness (QED) is 0.546. The fourth-order valence-corrected chi connectivity index (χ4v) is 2.13. The van der Waals surface area contributed by atoms with E-state index in [2.05, 4.69) is 5.16 Å². The van der Waals surface area contributed by atoms with Crippen LogP contribution in [0.3, 0.4) is 0 Å². The molecular weight excluding hydrogens is 286 g/mol. The molecule has 0 N–H and O–H groups in total. The van der Waals surface area contributed by atoms with Gasteiger partial charge < -0.3 is 13.7 Å². The zero-order valence-electron chi connectivity index (χ0n) is 12.1. The second-order valence-electron chi connectivity index (χ2n) is 4.86. The van der Waals surface area contributed by atoms with Crippen LogP contribution in [0.2, 0.25) is 0 Å². The van der Waals surface area contributed by atoms with Gasteiger partial charge in [-0.15, -0.1) is 0 Å². The van der Waals surface area contributed by atoms with Crippen molar-refractivity contribution in [2.45, 2.75) is 20.5 Å². The highest BCUT2D eigenvalue weighted by atomic mass is 16.5. The van der Waals surface area contributed by atoms with Crippen LogP contribution in [0.15, 0.2) is 44.1 Å². The van der Waals surface area contributed by atoms with E-state index in [1.807, 2.05) is 0 Å². The minimum Gasteiger partial charge on any atom is -0.457 e. The summed E-state index contributed by atoms with van der Waals surface area (Å²) >= 11 is 0. The molecule has 0 saturated heterocycles. The largest absolute Gasteiger partial charge is 0.457 e. The Bertz CT molecular complexity index is 887. The lowest BCUT2D eigenvalue weighted by Crippen LogP contribution is -2.16. The molecule has 0 atom stereocenters. The molecule has 6 heteroatoms. The van der Waals surface area contributed by atoms with Crippen LogP contribution < -0.4 is 5.63 Å². The van der Waals surface area contributed by atoms with Gasteiger partial charge in [0.1, 0.15) is 23.5 Å². The molecular formula is C16H13NO5. The van der Waals surface area contributed by atoms with E-state index in [4.69, 9.17) is 13.7 Å². The topological polar surface area (TPSA) is 82.5 Å². The minimum absolute atomic E-state index is 0.00767. The summed E-state index contributed by atoms with van der Waals surface area (Å²) in [6.07, 6.45) is 0. The van der Waals surface area contributed by atoms with E-state index in [0.717, 1.165) is 0 Å².